The average molecular weight is 234 g/mol. The minimum absolute atomic E-state index is 0.413. The summed E-state index contributed by atoms with van der Waals surface area (Å²) >= 11 is 0. The number of rotatable bonds is 8. The molecule has 0 aliphatic heterocycles. The van der Waals surface area contributed by atoms with Gasteiger partial charge in [-0.3, -0.25) is 4.98 Å². The van der Waals surface area contributed by atoms with Gasteiger partial charge in [-0.15, -0.1) is 0 Å². The minimum atomic E-state index is 0.413. The fraction of sp³-hybridized carbons (Fsp3) is 0.667. The van der Waals surface area contributed by atoms with Crippen LogP contribution in [0.1, 0.15) is 62.7 Å². The second-order valence-corrected chi connectivity index (χ2v) is 4.80. The largest absolute Gasteiger partial charge is 0.312 e. The monoisotopic (exact) mass is 234 g/mol. The van der Waals surface area contributed by atoms with Gasteiger partial charge in [-0.1, -0.05) is 39.0 Å². The van der Waals surface area contributed by atoms with Crippen LogP contribution in [0.5, 0.6) is 0 Å². The van der Waals surface area contributed by atoms with Gasteiger partial charge < -0.3 is 5.32 Å². The first-order valence-electron chi connectivity index (χ1n) is 6.87. The lowest BCUT2D eigenvalue weighted by molar-refractivity contribution is 0.491. The molecule has 17 heavy (non-hydrogen) atoms. The van der Waals surface area contributed by atoms with Crippen molar-refractivity contribution in [2.45, 2.75) is 58.4 Å². The topological polar surface area (TPSA) is 24.9 Å². The van der Waals surface area contributed by atoms with Crippen LogP contribution in [0.3, 0.4) is 0 Å². The normalized spacial score (nSPS) is 12.6. The average Bonchev–Trinajstić information content (AvgIpc) is 2.34. The van der Waals surface area contributed by atoms with Crippen LogP contribution in [0.4, 0.5) is 0 Å². The quantitative estimate of drug-likeness (QED) is 0.687. The Morgan fingerprint density at radius 2 is 2.00 bits per heavy atom. The van der Waals surface area contributed by atoms with Gasteiger partial charge in [0.05, 0.1) is 5.69 Å². The summed E-state index contributed by atoms with van der Waals surface area (Å²) in [5.41, 5.74) is 2.48. The van der Waals surface area contributed by atoms with Crippen LogP contribution < -0.4 is 5.32 Å². The van der Waals surface area contributed by atoms with Crippen molar-refractivity contribution < 1.29 is 0 Å². The molecule has 1 heterocycles. The molecular weight excluding hydrogens is 208 g/mol. The molecule has 1 rings (SSSR count). The van der Waals surface area contributed by atoms with E-state index >= 15 is 0 Å². The van der Waals surface area contributed by atoms with E-state index < -0.39 is 0 Å². The summed E-state index contributed by atoms with van der Waals surface area (Å²) in [6.07, 6.45) is 9.79. The van der Waals surface area contributed by atoms with Gasteiger partial charge in [0.15, 0.2) is 0 Å². The molecule has 0 saturated heterocycles. The molecule has 96 valence electrons. The van der Waals surface area contributed by atoms with E-state index in [9.17, 15) is 0 Å². The smallest absolute Gasteiger partial charge is 0.0575 e. The molecule has 0 spiro atoms. The number of aromatic nitrogens is 1. The lowest BCUT2D eigenvalue weighted by atomic mass is 10.0. The first-order chi connectivity index (χ1) is 8.27. The summed E-state index contributed by atoms with van der Waals surface area (Å²) in [5.74, 6) is 0. The Bertz CT molecular complexity index is 310. The molecule has 0 aliphatic carbocycles. The number of unbranched alkanes of at least 4 members (excludes halogenated alkanes) is 4. The summed E-state index contributed by atoms with van der Waals surface area (Å²) in [4.78, 5) is 4.46. The lowest BCUT2D eigenvalue weighted by Gasteiger charge is -2.15. The van der Waals surface area contributed by atoms with E-state index in [1.165, 1.54) is 49.8 Å². The fourth-order valence-corrected chi connectivity index (χ4v) is 2.14. The van der Waals surface area contributed by atoms with Gasteiger partial charge >= 0.3 is 0 Å². The Morgan fingerprint density at radius 3 is 2.65 bits per heavy atom. The highest BCUT2D eigenvalue weighted by Crippen LogP contribution is 2.18. The van der Waals surface area contributed by atoms with E-state index in [0.717, 1.165) is 0 Å². The number of hydrogen-bond acceptors (Lipinski definition) is 2. The minimum Gasteiger partial charge on any atom is -0.312 e. The molecule has 1 aromatic heterocycles. The molecule has 1 N–H and O–H groups in total. The van der Waals surface area contributed by atoms with Gasteiger partial charge in [0, 0.05) is 12.2 Å². The van der Waals surface area contributed by atoms with Gasteiger partial charge in [-0.05, 0) is 38.1 Å². The Kier molecular flexibility index (Phi) is 6.87. The van der Waals surface area contributed by atoms with Gasteiger partial charge in [0.25, 0.3) is 0 Å². The second-order valence-electron chi connectivity index (χ2n) is 4.80. The van der Waals surface area contributed by atoms with Gasteiger partial charge in [-0.25, -0.2) is 0 Å². The molecule has 2 nitrogen and oxygen atoms in total. The van der Waals surface area contributed by atoms with Crippen molar-refractivity contribution >= 4 is 0 Å². The third-order valence-electron chi connectivity index (χ3n) is 3.24. The van der Waals surface area contributed by atoms with E-state index in [-0.39, 0.29) is 0 Å². The summed E-state index contributed by atoms with van der Waals surface area (Å²) in [6.45, 7) is 4.38. The third-order valence-corrected chi connectivity index (χ3v) is 3.24. The van der Waals surface area contributed by atoms with Crippen LogP contribution >= 0.6 is 0 Å². The van der Waals surface area contributed by atoms with Crippen molar-refractivity contribution in [1.29, 1.82) is 0 Å². The maximum Gasteiger partial charge on any atom is 0.0575 e. The van der Waals surface area contributed by atoms with Gasteiger partial charge in [0.2, 0.25) is 0 Å². The van der Waals surface area contributed by atoms with Crippen molar-refractivity contribution in [3.8, 4) is 0 Å². The van der Waals surface area contributed by atoms with E-state index in [0.29, 0.717) is 6.04 Å². The van der Waals surface area contributed by atoms with E-state index in [1.807, 2.05) is 13.2 Å². The maximum atomic E-state index is 4.46. The molecule has 0 aromatic carbocycles. The number of pyridine rings is 1. The van der Waals surface area contributed by atoms with Crippen LogP contribution in [0, 0.1) is 6.92 Å². The lowest BCUT2D eigenvalue weighted by Crippen LogP contribution is -2.17. The molecule has 1 atom stereocenters. The van der Waals surface area contributed by atoms with Crippen LogP contribution in [-0.4, -0.2) is 12.0 Å². The first kappa shape index (κ1) is 14.2. The molecule has 0 saturated carbocycles. The molecule has 1 unspecified atom stereocenters. The molecule has 0 aliphatic rings. The second kappa shape index (κ2) is 8.24. The molecule has 0 fully saturated rings. The van der Waals surface area contributed by atoms with Crippen LogP contribution in [0.25, 0.3) is 0 Å². The van der Waals surface area contributed by atoms with Crippen molar-refractivity contribution in [1.82, 2.24) is 10.3 Å². The SMILES string of the molecule is CCCCCCCC(NC)c1cc(C)ccn1. The zero-order chi connectivity index (χ0) is 12.5. The number of nitrogens with zero attached hydrogens (tertiary/aromatic N) is 1. The number of aryl methyl sites for hydroxylation is 1. The Morgan fingerprint density at radius 1 is 1.24 bits per heavy atom. The summed E-state index contributed by atoms with van der Waals surface area (Å²) in [7, 11) is 2.03. The molecule has 0 amide bonds. The van der Waals surface area contributed by atoms with Gasteiger partial charge in [-0.2, -0.15) is 0 Å². The Labute approximate surface area is 106 Å². The highest BCUT2D eigenvalue weighted by Gasteiger charge is 2.09. The van der Waals surface area contributed by atoms with Gasteiger partial charge in [0.1, 0.15) is 0 Å². The molecular formula is C15H26N2. The zero-order valence-electron chi connectivity index (χ0n) is 11.5. The number of hydrogen-bond donors (Lipinski definition) is 1. The van der Waals surface area contributed by atoms with Crippen LogP contribution in [0.2, 0.25) is 0 Å². The number of nitrogens with one attached hydrogen (secondary N) is 1. The Balaban J connectivity index is 2.38. The highest BCUT2D eigenvalue weighted by molar-refractivity contribution is 5.17. The fourth-order valence-electron chi connectivity index (χ4n) is 2.14. The first-order valence-corrected chi connectivity index (χ1v) is 6.87. The van der Waals surface area contributed by atoms with Crippen molar-refractivity contribution in [2.24, 2.45) is 0 Å². The zero-order valence-corrected chi connectivity index (χ0v) is 11.5. The predicted octanol–water partition coefficient (Wildman–Crippen LogP) is 4.01. The predicted molar refractivity (Wildman–Crippen MR) is 74.2 cm³/mol. The van der Waals surface area contributed by atoms with Crippen molar-refractivity contribution in [3.63, 3.8) is 0 Å². The van der Waals surface area contributed by atoms with E-state index in [1.54, 1.807) is 0 Å². The molecule has 0 radical (unpaired) electrons. The van der Waals surface area contributed by atoms with E-state index in [4.69, 9.17) is 0 Å². The highest BCUT2D eigenvalue weighted by atomic mass is 14.9. The third kappa shape index (κ3) is 5.31. The van der Waals surface area contributed by atoms with Crippen LogP contribution in [-0.2, 0) is 0 Å². The summed E-state index contributed by atoms with van der Waals surface area (Å²) in [6, 6.07) is 4.65. The standard InChI is InChI=1S/C15H26N2/c1-4-5-6-7-8-9-14(16-3)15-12-13(2)10-11-17-15/h10-12,14,16H,4-9H2,1-3H3. The summed E-state index contributed by atoms with van der Waals surface area (Å²) in [5, 5.41) is 3.37. The molecule has 1 aromatic rings. The van der Waals surface area contributed by atoms with E-state index in [2.05, 4.69) is 36.3 Å². The Hall–Kier alpha value is -0.890. The summed E-state index contributed by atoms with van der Waals surface area (Å²) < 4.78 is 0. The molecule has 2 heteroatoms. The van der Waals surface area contributed by atoms with Crippen molar-refractivity contribution in [2.75, 3.05) is 7.05 Å². The molecule has 0 bridgehead atoms. The van der Waals surface area contributed by atoms with Crippen molar-refractivity contribution in [3.05, 3.63) is 29.6 Å². The van der Waals surface area contributed by atoms with Crippen LogP contribution in [0.15, 0.2) is 18.3 Å². The maximum absolute atomic E-state index is 4.46.